The number of hydrazine groups is 1. The summed E-state index contributed by atoms with van der Waals surface area (Å²) in [7, 11) is 0. The maximum atomic E-state index is 12.6. The molecular weight excluding hydrogens is 559 g/mol. The van der Waals surface area contributed by atoms with Gasteiger partial charge in [0, 0.05) is 21.8 Å². The molecule has 0 aliphatic rings. The average Bonchev–Trinajstić information content (AvgIpc) is 2.88. The average molecular weight is 588 g/mol. The van der Waals surface area contributed by atoms with Crippen LogP contribution in [0.25, 0.3) is 0 Å². The normalized spacial score (nSPS) is 11.6. The number of carbonyl (C=O) groups excluding carboxylic acids is 3. The molecule has 0 bridgehead atoms. The number of thiocarbonyl (C=S) groups is 1. The number of anilines is 1. The van der Waals surface area contributed by atoms with E-state index in [2.05, 4.69) is 42.3 Å². The number of ether oxygens (including phenoxy) is 1. The molecule has 1 unspecified atom stereocenters. The van der Waals surface area contributed by atoms with Gasteiger partial charge in [0.1, 0.15) is 5.75 Å². The van der Waals surface area contributed by atoms with E-state index < -0.39 is 17.9 Å². The summed E-state index contributed by atoms with van der Waals surface area (Å²) in [4.78, 5) is 37.4. The molecule has 3 aromatic rings. The van der Waals surface area contributed by atoms with Crippen molar-refractivity contribution in [3.63, 3.8) is 0 Å². The van der Waals surface area contributed by atoms with Crippen LogP contribution >= 0.6 is 35.4 Å². The van der Waals surface area contributed by atoms with Gasteiger partial charge in [0.05, 0.1) is 5.02 Å². The zero-order valence-corrected chi connectivity index (χ0v) is 24.1. The molecule has 0 aromatic heterocycles. The fourth-order valence-corrected chi connectivity index (χ4v) is 3.88. The van der Waals surface area contributed by atoms with Crippen LogP contribution in [-0.4, -0.2) is 28.9 Å². The van der Waals surface area contributed by atoms with Crippen LogP contribution in [0.1, 0.15) is 54.0 Å². The Hall–Kier alpha value is -3.66. The van der Waals surface area contributed by atoms with Gasteiger partial charge in [-0.25, -0.2) is 0 Å². The van der Waals surface area contributed by atoms with Gasteiger partial charge in [-0.05, 0) is 84.7 Å². The summed E-state index contributed by atoms with van der Waals surface area (Å²) >= 11 is 17.0. The standard InChI is InChI=1S/C28H28Cl2N4O4S/c1-16(38-23-14-11-20(29)15-22(23)30)24(35)32-27(39)34-33-26(37)18-7-12-21(13-8-18)31-25(36)17-5-9-19(10-6-17)28(2,3)4/h5-16H,1-4H3,(H,31,36)(H,33,37)(H2,32,34,35,39). The molecule has 4 N–H and O–H groups in total. The Morgan fingerprint density at radius 2 is 1.44 bits per heavy atom. The van der Waals surface area contributed by atoms with Crippen LogP contribution in [-0.2, 0) is 10.2 Å². The van der Waals surface area contributed by atoms with Crippen molar-refractivity contribution >= 4 is 63.9 Å². The van der Waals surface area contributed by atoms with Gasteiger partial charge in [0.15, 0.2) is 11.2 Å². The predicted molar refractivity (Wildman–Crippen MR) is 157 cm³/mol. The molecular formula is C28H28Cl2N4O4S. The van der Waals surface area contributed by atoms with Crippen molar-refractivity contribution in [3.8, 4) is 5.75 Å². The fourth-order valence-electron chi connectivity index (χ4n) is 3.28. The summed E-state index contributed by atoms with van der Waals surface area (Å²) in [5, 5.41) is 5.79. The molecule has 8 nitrogen and oxygen atoms in total. The maximum absolute atomic E-state index is 12.6. The van der Waals surface area contributed by atoms with E-state index in [1.165, 1.54) is 13.0 Å². The number of amides is 3. The highest BCUT2D eigenvalue weighted by Gasteiger charge is 2.18. The van der Waals surface area contributed by atoms with Crippen molar-refractivity contribution in [2.24, 2.45) is 0 Å². The number of rotatable bonds is 6. The third kappa shape index (κ3) is 8.68. The van der Waals surface area contributed by atoms with Gasteiger partial charge in [-0.1, -0.05) is 56.1 Å². The summed E-state index contributed by atoms with van der Waals surface area (Å²) in [6.45, 7) is 7.84. The third-order valence-electron chi connectivity index (χ3n) is 5.51. The third-order valence-corrected chi connectivity index (χ3v) is 6.25. The molecule has 3 aromatic carbocycles. The zero-order valence-electron chi connectivity index (χ0n) is 21.7. The Labute approximate surface area is 242 Å². The van der Waals surface area contributed by atoms with Crippen LogP contribution in [0.15, 0.2) is 66.7 Å². The number of carbonyl (C=O) groups is 3. The molecule has 39 heavy (non-hydrogen) atoms. The lowest BCUT2D eigenvalue weighted by Gasteiger charge is -2.19. The highest BCUT2D eigenvalue weighted by atomic mass is 35.5. The predicted octanol–water partition coefficient (Wildman–Crippen LogP) is 5.65. The molecule has 204 valence electrons. The molecule has 1 atom stereocenters. The lowest BCUT2D eigenvalue weighted by molar-refractivity contribution is -0.125. The number of hydrogen-bond acceptors (Lipinski definition) is 5. The van der Waals surface area contributed by atoms with Gasteiger partial charge < -0.3 is 10.1 Å². The zero-order chi connectivity index (χ0) is 28.7. The molecule has 0 aliphatic heterocycles. The lowest BCUT2D eigenvalue weighted by Crippen LogP contribution is -2.51. The molecule has 0 radical (unpaired) electrons. The van der Waals surface area contributed by atoms with Crippen molar-refractivity contribution in [2.45, 2.75) is 39.2 Å². The molecule has 0 fully saturated rings. The van der Waals surface area contributed by atoms with E-state index in [9.17, 15) is 14.4 Å². The summed E-state index contributed by atoms with van der Waals surface area (Å²) < 4.78 is 5.54. The van der Waals surface area contributed by atoms with Gasteiger partial charge in [0.25, 0.3) is 17.7 Å². The van der Waals surface area contributed by atoms with Crippen LogP contribution < -0.4 is 26.2 Å². The number of halogens is 2. The van der Waals surface area contributed by atoms with E-state index in [0.717, 1.165) is 5.56 Å². The van der Waals surface area contributed by atoms with Crippen molar-refractivity contribution in [3.05, 3.63) is 93.5 Å². The van der Waals surface area contributed by atoms with E-state index >= 15 is 0 Å². The first-order valence-electron chi connectivity index (χ1n) is 11.9. The van der Waals surface area contributed by atoms with Gasteiger partial charge >= 0.3 is 0 Å². The second-order valence-electron chi connectivity index (χ2n) is 9.59. The Kier molecular flexibility index (Phi) is 9.91. The van der Waals surface area contributed by atoms with Gasteiger partial charge in [0.2, 0.25) is 0 Å². The Morgan fingerprint density at radius 1 is 0.846 bits per heavy atom. The minimum absolute atomic E-state index is 0.00473. The molecule has 11 heteroatoms. The Morgan fingerprint density at radius 3 is 2.03 bits per heavy atom. The first-order chi connectivity index (χ1) is 18.3. The molecule has 3 rings (SSSR count). The van der Waals surface area contributed by atoms with E-state index in [4.69, 9.17) is 40.2 Å². The van der Waals surface area contributed by atoms with Crippen LogP contribution in [0.4, 0.5) is 5.69 Å². The van der Waals surface area contributed by atoms with Crippen molar-refractivity contribution < 1.29 is 19.1 Å². The van der Waals surface area contributed by atoms with Crippen LogP contribution in [0, 0.1) is 0 Å². The van der Waals surface area contributed by atoms with E-state index in [0.29, 0.717) is 21.8 Å². The summed E-state index contributed by atoms with van der Waals surface area (Å²) in [5.41, 5.74) is 7.36. The second-order valence-corrected chi connectivity index (χ2v) is 10.8. The van der Waals surface area contributed by atoms with Gasteiger partial charge in [-0.3, -0.25) is 30.6 Å². The van der Waals surface area contributed by atoms with Gasteiger partial charge in [-0.2, -0.15) is 0 Å². The van der Waals surface area contributed by atoms with E-state index in [1.54, 1.807) is 48.5 Å². The Balaban J connectivity index is 1.47. The maximum Gasteiger partial charge on any atom is 0.269 e. The quantitative estimate of drug-likeness (QED) is 0.220. The SMILES string of the molecule is CC(Oc1ccc(Cl)cc1Cl)C(=O)NC(=S)NNC(=O)c1ccc(NC(=O)c2ccc(C(C)(C)C)cc2)cc1. The second kappa shape index (κ2) is 12.9. The van der Waals surface area contributed by atoms with E-state index in [-0.39, 0.29) is 27.2 Å². The minimum Gasteiger partial charge on any atom is -0.479 e. The van der Waals surface area contributed by atoms with Crippen molar-refractivity contribution in [2.75, 3.05) is 5.32 Å². The van der Waals surface area contributed by atoms with Crippen LogP contribution in [0.2, 0.25) is 10.0 Å². The first-order valence-corrected chi connectivity index (χ1v) is 13.0. The first kappa shape index (κ1) is 29.9. The number of nitrogens with one attached hydrogen (secondary N) is 4. The number of benzene rings is 3. The van der Waals surface area contributed by atoms with Gasteiger partial charge in [-0.15, -0.1) is 0 Å². The highest BCUT2D eigenvalue weighted by Crippen LogP contribution is 2.28. The summed E-state index contributed by atoms with van der Waals surface area (Å²) in [6, 6.07) is 18.4. The molecule has 0 heterocycles. The molecule has 0 spiro atoms. The topological polar surface area (TPSA) is 109 Å². The Bertz CT molecular complexity index is 1370. The van der Waals surface area contributed by atoms with E-state index in [1.807, 2.05) is 12.1 Å². The van der Waals surface area contributed by atoms with Crippen LogP contribution in [0.5, 0.6) is 5.75 Å². The minimum atomic E-state index is -0.932. The fraction of sp³-hybridized carbons (Fsp3) is 0.214. The molecule has 3 amide bonds. The van der Waals surface area contributed by atoms with Crippen LogP contribution in [0.3, 0.4) is 0 Å². The lowest BCUT2D eigenvalue weighted by atomic mass is 9.87. The molecule has 0 saturated carbocycles. The molecule has 0 saturated heterocycles. The summed E-state index contributed by atoms with van der Waals surface area (Å²) in [5.74, 6) is -1.03. The molecule has 0 aliphatic carbocycles. The van der Waals surface area contributed by atoms with Crippen molar-refractivity contribution in [1.29, 1.82) is 0 Å². The monoisotopic (exact) mass is 586 g/mol. The summed E-state index contributed by atoms with van der Waals surface area (Å²) in [6.07, 6.45) is -0.932. The smallest absolute Gasteiger partial charge is 0.269 e. The largest absolute Gasteiger partial charge is 0.479 e. The van der Waals surface area contributed by atoms with Crippen molar-refractivity contribution in [1.82, 2.24) is 16.2 Å². The number of hydrogen-bond donors (Lipinski definition) is 4. The highest BCUT2D eigenvalue weighted by molar-refractivity contribution is 7.80.